The van der Waals surface area contributed by atoms with Crippen LogP contribution in [-0.4, -0.2) is 14.6 Å². The quantitative estimate of drug-likeness (QED) is 0.469. The highest BCUT2D eigenvalue weighted by Crippen LogP contribution is 2.33. The van der Waals surface area contributed by atoms with E-state index < -0.39 is 0 Å². The average Bonchev–Trinajstić information content (AvgIpc) is 3.19. The smallest absolute Gasteiger partial charge is 0.0934 e. The zero-order valence-electron chi connectivity index (χ0n) is 14.4. The minimum atomic E-state index is 0.441. The van der Waals surface area contributed by atoms with Gasteiger partial charge in [0.25, 0.3) is 0 Å². The van der Waals surface area contributed by atoms with Crippen LogP contribution in [0.15, 0.2) is 41.9 Å². The predicted molar refractivity (Wildman–Crippen MR) is 102 cm³/mol. The van der Waals surface area contributed by atoms with E-state index in [2.05, 4.69) is 73.6 Å². The summed E-state index contributed by atoms with van der Waals surface area (Å²) in [6.07, 6.45) is 0. The summed E-state index contributed by atoms with van der Waals surface area (Å²) in [6, 6.07) is 13.0. The Morgan fingerprint density at radius 2 is 1.83 bits per heavy atom. The molecule has 0 aliphatic carbocycles. The molecule has 0 unspecified atom stereocenters. The molecule has 4 aromatic rings. The molecule has 3 nitrogen and oxygen atoms in total. The Bertz CT molecular complexity index is 1020. The number of hydrogen-bond donors (Lipinski definition) is 0. The SMILES string of the molecule is CC(C)c1cc(-c2cc3cccc(C(C)C)n3n2)cc2scnc12. The molecule has 0 amide bonds. The van der Waals surface area contributed by atoms with Crippen molar-refractivity contribution in [3.8, 4) is 11.3 Å². The van der Waals surface area contributed by atoms with Crippen LogP contribution in [0.5, 0.6) is 0 Å². The van der Waals surface area contributed by atoms with Crippen molar-refractivity contribution in [3.63, 3.8) is 0 Å². The summed E-state index contributed by atoms with van der Waals surface area (Å²) in [7, 11) is 0. The van der Waals surface area contributed by atoms with Gasteiger partial charge in [-0.25, -0.2) is 9.50 Å². The Hall–Kier alpha value is -2.20. The van der Waals surface area contributed by atoms with Crippen molar-refractivity contribution in [2.75, 3.05) is 0 Å². The van der Waals surface area contributed by atoms with Crippen molar-refractivity contribution in [3.05, 3.63) is 53.2 Å². The van der Waals surface area contributed by atoms with E-state index in [4.69, 9.17) is 5.10 Å². The molecule has 24 heavy (non-hydrogen) atoms. The van der Waals surface area contributed by atoms with E-state index in [0.717, 1.165) is 16.7 Å². The fraction of sp³-hybridized carbons (Fsp3) is 0.300. The van der Waals surface area contributed by atoms with E-state index in [1.807, 2.05) is 5.51 Å². The second-order valence-electron chi connectivity index (χ2n) is 6.89. The maximum Gasteiger partial charge on any atom is 0.0934 e. The van der Waals surface area contributed by atoms with Crippen molar-refractivity contribution in [1.29, 1.82) is 0 Å². The first-order chi connectivity index (χ1) is 11.5. The highest BCUT2D eigenvalue weighted by Gasteiger charge is 2.14. The number of benzene rings is 1. The molecule has 0 bridgehead atoms. The lowest BCUT2D eigenvalue weighted by Crippen LogP contribution is -2.00. The molecule has 3 heterocycles. The number of nitrogens with zero attached hydrogens (tertiary/aromatic N) is 3. The summed E-state index contributed by atoms with van der Waals surface area (Å²) in [4.78, 5) is 4.55. The Labute approximate surface area is 146 Å². The van der Waals surface area contributed by atoms with E-state index >= 15 is 0 Å². The number of aromatic nitrogens is 3. The molecule has 3 aromatic heterocycles. The maximum atomic E-state index is 4.90. The van der Waals surface area contributed by atoms with E-state index in [-0.39, 0.29) is 0 Å². The van der Waals surface area contributed by atoms with Crippen LogP contribution in [-0.2, 0) is 0 Å². The van der Waals surface area contributed by atoms with Crippen LogP contribution in [0.25, 0.3) is 27.0 Å². The molecular formula is C20H21N3S. The van der Waals surface area contributed by atoms with Gasteiger partial charge in [0.1, 0.15) is 0 Å². The van der Waals surface area contributed by atoms with Crippen LogP contribution in [0.3, 0.4) is 0 Å². The molecule has 0 saturated carbocycles. The zero-order valence-corrected chi connectivity index (χ0v) is 15.3. The van der Waals surface area contributed by atoms with Gasteiger partial charge in [0, 0.05) is 11.3 Å². The number of hydrogen-bond acceptors (Lipinski definition) is 3. The fourth-order valence-electron chi connectivity index (χ4n) is 3.20. The van der Waals surface area contributed by atoms with Crippen molar-refractivity contribution in [1.82, 2.24) is 14.6 Å². The second-order valence-corrected chi connectivity index (χ2v) is 7.78. The average molecular weight is 335 g/mol. The summed E-state index contributed by atoms with van der Waals surface area (Å²) < 4.78 is 3.31. The normalized spacial score (nSPS) is 12.1. The molecule has 0 N–H and O–H groups in total. The lowest BCUT2D eigenvalue weighted by atomic mass is 9.98. The molecule has 0 atom stereocenters. The van der Waals surface area contributed by atoms with E-state index in [0.29, 0.717) is 11.8 Å². The van der Waals surface area contributed by atoms with Crippen LogP contribution in [0.2, 0.25) is 0 Å². The van der Waals surface area contributed by atoms with Gasteiger partial charge in [0.05, 0.1) is 26.9 Å². The number of thiazole rings is 1. The van der Waals surface area contributed by atoms with Crippen LogP contribution in [0.1, 0.15) is 50.8 Å². The van der Waals surface area contributed by atoms with Gasteiger partial charge in [0.2, 0.25) is 0 Å². The summed E-state index contributed by atoms with van der Waals surface area (Å²) >= 11 is 1.70. The maximum absolute atomic E-state index is 4.90. The van der Waals surface area contributed by atoms with Gasteiger partial charge in [0.15, 0.2) is 0 Å². The molecule has 4 rings (SSSR count). The Balaban J connectivity index is 1.94. The summed E-state index contributed by atoms with van der Waals surface area (Å²) in [5, 5.41) is 4.90. The first kappa shape index (κ1) is 15.3. The first-order valence-electron chi connectivity index (χ1n) is 8.41. The largest absolute Gasteiger partial charge is 0.244 e. The topological polar surface area (TPSA) is 30.2 Å². The van der Waals surface area contributed by atoms with Crippen LogP contribution in [0.4, 0.5) is 0 Å². The molecule has 0 radical (unpaired) electrons. The summed E-state index contributed by atoms with van der Waals surface area (Å²) in [6.45, 7) is 8.85. The standard InChI is InChI=1S/C20H21N3S/c1-12(2)16-8-14(9-19-20(16)21-11-24-19)17-10-15-6-5-7-18(13(3)4)23(15)22-17/h5-13H,1-4H3. The van der Waals surface area contributed by atoms with Gasteiger partial charge in [-0.1, -0.05) is 33.8 Å². The van der Waals surface area contributed by atoms with Crippen LogP contribution >= 0.6 is 11.3 Å². The fourth-order valence-corrected chi connectivity index (χ4v) is 3.95. The highest BCUT2D eigenvalue weighted by atomic mass is 32.1. The lowest BCUT2D eigenvalue weighted by Gasteiger charge is -2.09. The van der Waals surface area contributed by atoms with Gasteiger partial charge < -0.3 is 0 Å². The van der Waals surface area contributed by atoms with Gasteiger partial charge in [-0.2, -0.15) is 5.10 Å². The molecule has 4 heteroatoms. The van der Waals surface area contributed by atoms with Crippen molar-refractivity contribution >= 4 is 27.1 Å². The Kier molecular flexibility index (Phi) is 3.65. The summed E-state index contributed by atoms with van der Waals surface area (Å²) in [5.41, 5.74) is 8.94. The number of rotatable bonds is 3. The molecule has 0 fully saturated rings. The van der Waals surface area contributed by atoms with Crippen molar-refractivity contribution in [2.24, 2.45) is 0 Å². The van der Waals surface area contributed by atoms with Gasteiger partial charge in [-0.3, -0.25) is 0 Å². The minimum absolute atomic E-state index is 0.441. The molecule has 0 spiro atoms. The summed E-state index contributed by atoms with van der Waals surface area (Å²) in [5.74, 6) is 0.884. The highest BCUT2D eigenvalue weighted by molar-refractivity contribution is 7.16. The second kappa shape index (κ2) is 5.71. The van der Waals surface area contributed by atoms with E-state index in [9.17, 15) is 0 Å². The Morgan fingerprint density at radius 1 is 1.00 bits per heavy atom. The van der Waals surface area contributed by atoms with Gasteiger partial charge >= 0.3 is 0 Å². The van der Waals surface area contributed by atoms with Gasteiger partial charge in [-0.15, -0.1) is 11.3 Å². The molecular weight excluding hydrogens is 314 g/mol. The third kappa shape index (κ3) is 2.42. The first-order valence-corrected chi connectivity index (χ1v) is 9.28. The monoisotopic (exact) mass is 335 g/mol. The predicted octanol–water partition coefficient (Wildman–Crippen LogP) is 5.86. The van der Waals surface area contributed by atoms with E-state index in [1.54, 1.807) is 11.3 Å². The zero-order chi connectivity index (χ0) is 16.8. The van der Waals surface area contributed by atoms with Crippen LogP contribution in [0, 0.1) is 0 Å². The molecule has 1 aromatic carbocycles. The van der Waals surface area contributed by atoms with E-state index in [1.165, 1.54) is 21.5 Å². The molecule has 0 saturated heterocycles. The van der Waals surface area contributed by atoms with Crippen molar-refractivity contribution in [2.45, 2.75) is 39.5 Å². The van der Waals surface area contributed by atoms with Gasteiger partial charge in [-0.05, 0) is 47.7 Å². The van der Waals surface area contributed by atoms with Crippen LogP contribution < -0.4 is 0 Å². The molecule has 122 valence electrons. The third-order valence-corrected chi connectivity index (χ3v) is 5.27. The minimum Gasteiger partial charge on any atom is -0.244 e. The number of fused-ring (bicyclic) bond motifs is 2. The number of pyridine rings is 1. The van der Waals surface area contributed by atoms with Crippen molar-refractivity contribution < 1.29 is 0 Å². The Morgan fingerprint density at radius 3 is 2.58 bits per heavy atom. The lowest BCUT2D eigenvalue weighted by molar-refractivity contribution is 0.759. The third-order valence-electron chi connectivity index (χ3n) is 4.49. The molecule has 0 aliphatic rings. The molecule has 0 aliphatic heterocycles.